The predicted octanol–water partition coefficient (Wildman–Crippen LogP) is 1.98. The number of primary sulfonamides is 1. The molecule has 1 aliphatic rings. The number of carbonyl (C=O) groups excluding carboxylic acids is 2. The van der Waals surface area contributed by atoms with Crippen LogP contribution in [0.25, 0.3) is 0 Å². The van der Waals surface area contributed by atoms with Crippen LogP contribution in [0.2, 0.25) is 0 Å². The van der Waals surface area contributed by atoms with E-state index in [1.165, 1.54) is 32.8 Å². The minimum absolute atomic E-state index is 0.0243. The summed E-state index contributed by atoms with van der Waals surface area (Å²) in [5, 5.41) is 10.6. The molecule has 3 rings (SSSR count). The molecule has 0 saturated heterocycles. The molecule has 0 bridgehead atoms. The summed E-state index contributed by atoms with van der Waals surface area (Å²) < 4.78 is 33.8. The van der Waals surface area contributed by atoms with Crippen LogP contribution in [0.15, 0.2) is 52.4 Å². The predicted molar refractivity (Wildman–Crippen MR) is 148 cm³/mol. The second-order valence-corrected chi connectivity index (χ2v) is 11.2. The van der Waals surface area contributed by atoms with E-state index in [4.69, 9.17) is 20.3 Å². The Labute approximate surface area is 229 Å². The molecule has 1 fully saturated rings. The minimum atomic E-state index is -3.86. The van der Waals surface area contributed by atoms with E-state index in [-0.39, 0.29) is 35.6 Å². The van der Waals surface area contributed by atoms with Gasteiger partial charge in [-0.3, -0.25) is 14.9 Å². The second-order valence-electron chi connectivity index (χ2n) is 9.59. The molecule has 2 aromatic carbocycles. The summed E-state index contributed by atoms with van der Waals surface area (Å²) in [4.78, 5) is 30.1. The van der Waals surface area contributed by atoms with E-state index in [2.05, 4.69) is 15.6 Å². The lowest BCUT2D eigenvalue weighted by molar-refractivity contribution is -0.123. The third-order valence-corrected chi connectivity index (χ3v) is 7.56. The van der Waals surface area contributed by atoms with Gasteiger partial charge in [-0.05, 0) is 47.7 Å². The fraction of sp³-hybridized carbons (Fsp3) is 0.444. The quantitative estimate of drug-likeness (QED) is 0.240. The first kappa shape index (κ1) is 29.9. The number of nitrogens with one attached hydrogen (secondary N) is 2. The van der Waals surface area contributed by atoms with Crippen LogP contribution >= 0.6 is 0 Å². The number of nitrogens with two attached hydrogens (primary N) is 2. The molecule has 2 aromatic rings. The maximum absolute atomic E-state index is 13.2. The van der Waals surface area contributed by atoms with Gasteiger partial charge in [0.2, 0.25) is 21.8 Å². The molecule has 11 nitrogen and oxygen atoms in total. The van der Waals surface area contributed by atoms with Crippen molar-refractivity contribution >= 4 is 27.8 Å². The van der Waals surface area contributed by atoms with Crippen molar-refractivity contribution in [2.45, 2.75) is 62.4 Å². The Morgan fingerprint density at radius 2 is 1.74 bits per heavy atom. The van der Waals surface area contributed by atoms with Crippen molar-refractivity contribution < 1.29 is 27.5 Å². The molecule has 0 radical (unpaired) electrons. The Balaban J connectivity index is 1.68. The fourth-order valence-electron chi connectivity index (χ4n) is 4.66. The summed E-state index contributed by atoms with van der Waals surface area (Å²) in [7, 11) is -0.816. The number of rotatable bonds is 11. The molecule has 0 aliphatic heterocycles. The molecule has 12 heteroatoms. The van der Waals surface area contributed by atoms with Crippen LogP contribution in [0.5, 0.6) is 11.5 Å². The van der Waals surface area contributed by atoms with E-state index in [0.29, 0.717) is 35.0 Å². The summed E-state index contributed by atoms with van der Waals surface area (Å²) in [6, 6.07) is 10.4. The van der Waals surface area contributed by atoms with Gasteiger partial charge in [0, 0.05) is 6.54 Å². The number of hydrogen-bond donors (Lipinski definition) is 4. The standard InChI is InChI=1S/C27H37N5O6S/c1-37-23-12-11-19(15-24(23)38-2)16-25(33)32-27(28)31-22(14-18-7-4-3-5-8-18)26(34)30-17-20-9-6-10-21(13-20)39(29,35)36/h6,9-13,15,18,22H,3-5,7-8,14,16-17H2,1-2H3,(H,30,34)(H2,29,35,36)(H3,28,31,32,33)/t22-/m1/s1. The van der Waals surface area contributed by atoms with Crippen LogP contribution in [0.4, 0.5) is 0 Å². The molecule has 1 atom stereocenters. The number of benzene rings is 2. The molecule has 1 saturated carbocycles. The average Bonchev–Trinajstić information content (AvgIpc) is 2.91. The SMILES string of the molecule is COc1ccc(CC(=O)NC(N)=N[C@H](CC2CCCCC2)C(=O)NCc2cccc(S(N)(=O)=O)c2)cc1OC. The average molecular weight is 560 g/mol. The number of aliphatic imine (C=N–C) groups is 1. The molecule has 0 aromatic heterocycles. The van der Waals surface area contributed by atoms with Gasteiger partial charge in [-0.25, -0.2) is 18.5 Å². The minimum Gasteiger partial charge on any atom is -0.493 e. The lowest BCUT2D eigenvalue weighted by Crippen LogP contribution is -2.42. The summed E-state index contributed by atoms with van der Waals surface area (Å²) in [5.41, 5.74) is 7.33. The smallest absolute Gasteiger partial charge is 0.245 e. The highest BCUT2D eigenvalue weighted by Gasteiger charge is 2.25. The van der Waals surface area contributed by atoms with Crippen LogP contribution in [0, 0.1) is 5.92 Å². The first-order chi connectivity index (χ1) is 18.6. The number of sulfonamides is 1. The molecular weight excluding hydrogens is 522 g/mol. The number of ether oxygens (including phenoxy) is 2. The van der Waals surface area contributed by atoms with Crippen LogP contribution < -0.4 is 31.0 Å². The first-order valence-corrected chi connectivity index (χ1v) is 14.4. The van der Waals surface area contributed by atoms with Crippen LogP contribution in [0.1, 0.15) is 49.7 Å². The zero-order valence-corrected chi connectivity index (χ0v) is 23.1. The van der Waals surface area contributed by atoms with Gasteiger partial charge in [-0.1, -0.05) is 50.3 Å². The Hall–Kier alpha value is -3.64. The van der Waals surface area contributed by atoms with Crippen molar-refractivity contribution in [3.63, 3.8) is 0 Å². The summed E-state index contributed by atoms with van der Waals surface area (Å²) in [6.07, 6.45) is 5.89. The van der Waals surface area contributed by atoms with Gasteiger partial charge < -0.3 is 20.5 Å². The molecule has 1 aliphatic carbocycles. The maximum Gasteiger partial charge on any atom is 0.245 e. The first-order valence-electron chi connectivity index (χ1n) is 12.8. The summed E-state index contributed by atoms with van der Waals surface area (Å²) in [5.74, 6) is 0.476. The fourth-order valence-corrected chi connectivity index (χ4v) is 5.24. The molecule has 212 valence electrons. The summed E-state index contributed by atoms with van der Waals surface area (Å²) in [6.45, 7) is 0.0877. The Bertz CT molecular complexity index is 1290. The Morgan fingerprint density at radius 1 is 1.03 bits per heavy atom. The van der Waals surface area contributed by atoms with Crippen molar-refractivity contribution in [3.8, 4) is 11.5 Å². The van der Waals surface area contributed by atoms with E-state index in [0.717, 1.165) is 25.7 Å². The van der Waals surface area contributed by atoms with Gasteiger partial charge in [0.05, 0.1) is 25.5 Å². The topological polar surface area (TPSA) is 175 Å². The summed E-state index contributed by atoms with van der Waals surface area (Å²) >= 11 is 0. The molecule has 0 spiro atoms. The van der Waals surface area contributed by atoms with Crippen molar-refractivity contribution in [1.29, 1.82) is 0 Å². The zero-order valence-electron chi connectivity index (χ0n) is 22.3. The number of nitrogens with zero attached hydrogens (tertiary/aromatic N) is 1. The highest BCUT2D eigenvalue weighted by molar-refractivity contribution is 7.89. The van der Waals surface area contributed by atoms with Gasteiger partial charge >= 0.3 is 0 Å². The molecule has 0 heterocycles. The molecule has 2 amide bonds. The third-order valence-electron chi connectivity index (χ3n) is 6.65. The van der Waals surface area contributed by atoms with Gasteiger partial charge in [0.25, 0.3) is 0 Å². The van der Waals surface area contributed by atoms with Crippen LogP contribution in [-0.4, -0.2) is 46.5 Å². The van der Waals surface area contributed by atoms with Crippen molar-refractivity contribution in [2.24, 2.45) is 21.8 Å². The maximum atomic E-state index is 13.2. The molecule has 6 N–H and O–H groups in total. The Morgan fingerprint density at radius 3 is 2.41 bits per heavy atom. The number of carbonyl (C=O) groups is 2. The lowest BCUT2D eigenvalue weighted by Gasteiger charge is -2.24. The number of hydrogen-bond acceptors (Lipinski definition) is 7. The van der Waals surface area contributed by atoms with Gasteiger partial charge in [-0.2, -0.15) is 0 Å². The van der Waals surface area contributed by atoms with E-state index >= 15 is 0 Å². The van der Waals surface area contributed by atoms with Crippen molar-refractivity contribution in [1.82, 2.24) is 10.6 Å². The van der Waals surface area contributed by atoms with Crippen molar-refractivity contribution in [2.75, 3.05) is 14.2 Å². The molecule has 39 heavy (non-hydrogen) atoms. The molecule has 0 unspecified atom stereocenters. The van der Waals surface area contributed by atoms with Gasteiger partial charge in [0.15, 0.2) is 17.5 Å². The van der Waals surface area contributed by atoms with Crippen molar-refractivity contribution in [3.05, 3.63) is 53.6 Å². The van der Waals surface area contributed by atoms with E-state index in [1.54, 1.807) is 30.3 Å². The highest BCUT2D eigenvalue weighted by Crippen LogP contribution is 2.29. The van der Waals surface area contributed by atoms with E-state index < -0.39 is 16.1 Å². The van der Waals surface area contributed by atoms with Crippen LogP contribution in [0.3, 0.4) is 0 Å². The van der Waals surface area contributed by atoms with E-state index in [9.17, 15) is 18.0 Å². The normalized spacial score (nSPS) is 15.3. The van der Waals surface area contributed by atoms with Crippen LogP contribution in [-0.2, 0) is 32.6 Å². The zero-order chi connectivity index (χ0) is 28.4. The van der Waals surface area contributed by atoms with E-state index in [1.807, 2.05) is 0 Å². The molecular formula is C27H37N5O6S. The van der Waals surface area contributed by atoms with Gasteiger partial charge in [0.1, 0.15) is 6.04 Å². The number of amides is 2. The monoisotopic (exact) mass is 559 g/mol. The number of methoxy groups -OCH3 is 2. The lowest BCUT2D eigenvalue weighted by atomic mass is 9.84. The second kappa shape index (κ2) is 13.9. The largest absolute Gasteiger partial charge is 0.493 e. The number of guanidine groups is 1. The Kier molecular flexibility index (Phi) is 10.7. The van der Waals surface area contributed by atoms with Gasteiger partial charge in [-0.15, -0.1) is 0 Å². The highest BCUT2D eigenvalue weighted by atomic mass is 32.2. The third kappa shape index (κ3) is 9.25.